The van der Waals surface area contributed by atoms with E-state index in [-0.39, 0.29) is 5.56 Å². The lowest BCUT2D eigenvalue weighted by molar-refractivity contribution is -0.131. The van der Waals surface area contributed by atoms with E-state index in [1.165, 1.54) is 29.2 Å². The standard InChI is InChI=1S/C19H16N4O3S/c1-11(24)26-13-6-4-12(5-7-13)23-10-21-16-15-14(22(2)3)8-9-20-18(15)27-17(16)19(23)25/h4-10H,1-3H3. The molecule has 0 unspecified atom stereocenters. The topological polar surface area (TPSA) is 77.3 Å². The van der Waals surface area contributed by atoms with Crippen molar-refractivity contribution >= 4 is 43.4 Å². The van der Waals surface area contributed by atoms with Crippen LogP contribution in [0.15, 0.2) is 47.7 Å². The first-order valence-corrected chi connectivity index (χ1v) is 9.02. The Hall–Kier alpha value is -3.26. The van der Waals surface area contributed by atoms with Gasteiger partial charge < -0.3 is 9.64 Å². The Labute approximate surface area is 158 Å². The van der Waals surface area contributed by atoms with Gasteiger partial charge in [-0.1, -0.05) is 0 Å². The third kappa shape index (κ3) is 2.93. The summed E-state index contributed by atoms with van der Waals surface area (Å²) in [5, 5.41) is 0.886. The van der Waals surface area contributed by atoms with Crippen LogP contribution in [0.2, 0.25) is 0 Å². The number of hydrogen-bond acceptors (Lipinski definition) is 7. The van der Waals surface area contributed by atoms with Crippen molar-refractivity contribution in [3.8, 4) is 11.4 Å². The SMILES string of the molecule is CC(=O)Oc1ccc(-n2cnc3c(sc4nccc(N(C)C)c43)c2=O)cc1. The number of carbonyl (C=O) groups is 1. The number of fused-ring (bicyclic) bond motifs is 3. The van der Waals surface area contributed by atoms with Gasteiger partial charge in [-0.15, -0.1) is 11.3 Å². The maximum absolute atomic E-state index is 13.0. The van der Waals surface area contributed by atoms with Gasteiger partial charge in [-0.05, 0) is 30.3 Å². The highest BCUT2D eigenvalue weighted by Crippen LogP contribution is 2.35. The molecule has 3 heterocycles. The Kier molecular flexibility index (Phi) is 4.12. The summed E-state index contributed by atoms with van der Waals surface area (Å²) in [6.45, 7) is 1.34. The maximum atomic E-state index is 13.0. The molecule has 0 atom stereocenters. The first-order chi connectivity index (χ1) is 13.0. The molecule has 0 spiro atoms. The average molecular weight is 380 g/mol. The lowest BCUT2D eigenvalue weighted by atomic mass is 10.2. The minimum absolute atomic E-state index is 0.159. The second-order valence-corrected chi connectivity index (χ2v) is 7.19. The molecule has 3 aromatic heterocycles. The first kappa shape index (κ1) is 17.2. The van der Waals surface area contributed by atoms with Gasteiger partial charge in [-0.25, -0.2) is 9.97 Å². The van der Waals surface area contributed by atoms with E-state index in [2.05, 4.69) is 9.97 Å². The quantitative estimate of drug-likeness (QED) is 0.402. The van der Waals surface area contributed by atoms with Gasteiger partial charge in [0.05, 0.1) is 22.3 Å². The molecule has 4 rings (SSSR count). The van der Waals surface area contributed by atoms with Crippen molar-refractivity contribution < 1.29 is 9.53 Å². The molecule has 0 amide bonds. The zero-order valence-corrected chi connectivity index (χ0v) is 15.8. The van der Waals surface area contributed by atoms with Crippen LogP contribution in [-0.2, 0) is 4.79 Å². The summed E-state index contributed by atoms with van der Waals surface area (Å²) in [7, 11) is 3.90. The van der Waals surface area contributed by atoms with Crippen molar-refractivity contribution in [2.24, 2.45) is 0 Å². The molecule has 8 heteroatoms. The number of carbonyl (C=O) groups excluding carboxylic acids is 1. The minimum atomic E-state index is -0.391. The summed E-state index contributed by atoms with van der Waals surface area (Å²) >= 11 is 1.34. The highest BCUT2D eigenvalue weighted by Gasteiger charge is 2.17. The van der Waals surface area contributed by atoms with Crippen LogP contribution in [0.1, 0.15) is 6.92 Å². The molecule has 136 valence electrons. The van der Waals surface area contributed by atoms with E-state index in [1.807, 2.05) is 25.1 Å². The Morgan fingerprint density at radius 1 is 1.15 bits per heavy atom. The fraction of sp³-hybridized carbons (Fsp3) is 0.158. The lowest BCUT2D eigenvalue weighted by Gasteiger charge is -2.13. The first-order valence-electron chi connectivity index (χ1n) is 8.21. The van der Waals surface area contributed by atoms with Gasteiger partial charge in [0.15, 0.2) is 0 Å². The van der Waals surface area contributed by atoms with E-state index >= 15 is 0 Å². The number of anilines is 1. The Balaban J connectivity index is 1.88. The molecular formula is C19H16N4O3S. The van der Waals surface area contributed by atoms with Crippen LogP contribution >= 0.6 is 11.3 Å². The predicted molar refractivity (Wildman–Crippen MR) is 106 cm³/mol. The van der Waals surface area contributed by atoms with Crippen LogP contribution in [0.3, 0.4) is 0 Å². The minimum Gasteiger partial charge on any atom is -0.427 e. The number of pyridine rings is 1. The van der Waals surface area contributed by atoms with Crippen molar-refractivity contribution in [1.29, 1.82) is 0 Å². The summed E-state index contributed by atoms with van der Waals surface area (Å²) in [6, 6.07) is 8.62. The summed E-state index contributed by atoms with van der Waals surface area (Å²) in [6.07, 6.45) is 3.25. The number of nitrogens with zero attached hydrogens (tertiary/aromatic N) is 4. The van der Waals surface area contributed by atoms with E-state index in [4.69, 9.17) is 4.74 Å². The Bertz CT molecular complexity index is 1230. The number of esters is 1. The number of aromatic nitrogens is 3. The summed E-state index contributed by atoms with van der Waals surface area (Å²) in [4.78, 5) is 35.8. The third-order valence-corrected chi connectivity index (χ3v) is 5.19. The summed E-state index contributed by atoms with van der Waals surface area (Å²) in [5.41, 5.74) is 2.11. The van der Waals surface area contributed by atoms with Gasteiger partial charge in [0.2, 0.25) is 0 Å². The monoisotopic (exact) mass is 380 g/mol. The fourth-order valence-corrected chi connectivity index (χ4v) is 3.98. The molecule has 0 N–H and O–H groups in total. The molecule has 0 aliphatic rings. The van der Waals surface area contributed by atoms with E-state index in [0.29, 0.717) is 21.7 Å². The molecule has 1 aromatic carbocycles. The van der Waals surface area contributed by atoms with Crippen molar-refractivity contribution in [2.75, 3.05) is 19.0 Å². The molecular weight excluding hydrogens is 364 g/mol. The maximum Gasteiger partial charge on any atom is 0.308 e. The highest BCUT2D eigenvalue weighted by molar-refractivity contribution is 7.25. The van der Waals surface area contributed by atoms with Gasteiger partial charge in [-0.3, -0.25) is 14.2 Å². The largest absolute Gasteiger partial charge is 0.427 e. The van der Waals surface area contributed by atoms with Gasteiger partial charge in [0.25, 0.3) is 5.56 Å². The van der Waals surface area contributed by atoms with Gasteiger partial charge in [-0.2, -0.15) is 0 Å². The molecule has 0 aliphatic carbocycles. The van der Waals surface area contributed by atoms with Gasteiger partial charge in [0, 0.05) is 27.2 Å². The van der Waals surface area contributed by atoms with Crippen molar-refractivity contribution in [2.45, 2.75) is 6.92 Å². The summed E-state index contributed by atoms with van der Waals surface area (Å²) < 4.78 is 7.06. The Morgan fingerprint density at radius 2 is 1.89 bits per heavy atom. The number of hydrogen-bond donors (Lipinski definition) is 0. The van der Waals surface area contributed by atoms with E-state index in [1.54, 1.807) is 30.5 Å². The number of benzene rings is 1. The molecule has 7 nitrogen and oxygen atoms in total. The molecule has 0 radical (unpaired) electrons. The second-order valence-electron chi connectivity index (χ2n) is 6.19. The molecule has 27 heavy (non-hydrogen) atoms. The average Bonchev–Trinajstić information content (AvgIpc) is 3.02. The van der Waals surface area contributed by atoms with E-state index in [9.17, 15) is 9.59 Å². The lowest BCUT2D eigenvalue weighted by Crippen LogP contribution is -2.17. The van der Waals surface area contributed by atoms with Crippen LogP contribution < -0.4 is 15.2 Å². The molecule has 0 aliphatic heterocycles. The molecule has 4 aromatic rings. The van der Waals surface area contributed by atoms with E-state index in [0.717, 1.165) is 15.9 Å². The highest BCUT2D eigenvalue weighted by atomic mass is 32.1. The number of thiophene rings is 1. The molecule has 0 bridgehead atoms. The summed E-state index contributed by atoms with van der Waals surface area (Å²) in [5.74, 6) is 0.0347. The van der Waals surface area contributed by atoms with Crippen LogP contribution in [0, 0.1) is 0 Å². The van der Waals surface area contributed by atoms with Crippen molar-refractivity contribution in [3.05, 3.63) is 53.2 Å². The van der Waals surface area contributed by atoms with Crippen molar-refractivity contribution in [1.82, 2.24) is 14.5 Å². The Morgan fingerprint density at radius 3 is 2.56 bits per heavy atom. The zero-order valence-electron chi connectivity index (χ0n) is 15.0. The normalized spacial score (nSPS) is 11.1. The van der Waals surface area contributed by atoms with Gasteiger partial charge in [0.1, 0.15) is 21.6 Å². The van der Waals surface area contributed by atoms with Crippen LogP contribution in [-0.4, -0.2) is 34.6 Å². The fourth-order valence-electron chi connectivity index (χ4n) is 2.93. The van der Waals surface area contributed by atoms with E-state index < -0.39 is 5.97 Å². The van der Waals surface area contributed by atoms with Crippen molar-refractivity contribution in [3.63, 3.8) is 0 Å². The molecule has 0 fully saturated rings. The zero-order chi connectivity index (χ0) is 19.1. The molecule has 0 saturated carbocycles. The second kappa shape index (κ2) is 6.48. The molecule has 0 saturated heterocycles. The van der Waals surface area contributed by atoms with Gasteiger partial charge >= 0.3 is 5.97 Å². The number of rotatable bonds is 3. The number of ether oxygens (including phenoxy) is 1. The predicted octanol–water partition coefficient (Wildman–Crippen LogP) is 2.99. The van der Waals surface area contributed by atoms with Crippen LogP contribution in [0.5, 0.6) is 5.75 Å². The smallest absolute Gasteiger partial charge is 0.308 e. The van der Waals surface area contributed by atoms with Crippen LogP contribution in [0.25, 0.3) is 26.1 Å². The van der Waals surface area contributed by atoms with Crippen LogP contribution in [0.4, 0.5) is 5.69 Å². The third-order valence-electron chi connectivity index (χ3n) is 4.12.